The maximum Gasteiger partial charge on any atom is 0.416 e. The van der Waals surface area contributed by atoms with E-state index in [1.165, 1.54) is 29.2 Å². The summed E-state index contributed by atoms with van der Waals surface area (Å²) in [4.78, 5) is 26.1. The first kappa shape index (κ1) is 17.9. The van der Waals surface area contributed by atoms with Gasteiger partial charge in [-0.3, -0.25) is 9.59 Å². The summed E-state index contributed by atoms with van der Waals surface area (Å²) in [5, 5.41) is 2.46. The van der Waals surface area contributed by atoms with E-state index in [0.29, 0.717) is 12.2 Å². The van der Waals surface area contributed by atoms with E-state index >= 15 is 0 Å². The highest BCUT2D eigenvalue weighted by molar-refractivity contribution is 6.13. The summed E-state index contributed by atoms with van der Waals surface area (Å²) in [7, 11) is 0. The molecule has 0 aliphatic carbocycles. The molecular weight excluding hydrogens is 352 g/mol. The van der Waals surface area contributed by atoms with E-state index in [4.69, 9.17) is 0 Å². The molecule has 2 aromatic rings. The number of halogens is 4. The molecule has 26 heavy (non-hydrogen) atoms. The number of rotatable bonds is 3. The minimum absolute atomic E-state index is 0.177. The Morgan fingerprint density at radius 3 is 2.23 bits per heavy atom. The number of alkyl halides is 3. The Hall–Kier alpha value is -2.90. The zero-order valence-corrected chi connectivity index (χ0v) is 13.4. The van der Waals surface area contributed by atoms with Crippen LogP contribution in [0.4, 0.5) is 28.9 Å². The quantitative estimate of drug-likeness (QED) is 0.663. The van der Waals surface area contributed by atoms with Crippen molar-refractivity contribution < 1.29 is 27.2 Å². The first-order chi connectivity index (χ1) is 12.3. The van der Waals surface area contributed by atoms with Crippen molar-refractivity contribution in [1.82, 2.24) is 0 Å². The van der Waals surface area contributed by atoms with Crippen molar-refractivity contribution in [2.45, 2.75) is 12.6 Å². The molecule has 1 aliphatic heterocycles. The van der Waals surface area contributed by atoms with Crippen LogP contribution in [0.5, 0.6) is 0 Å². The summed E-state index contributed by atoms with van der Waals surface area (Å²) in [5.41, 5.74) is -0.160. The lowest BCUT2D eigenvalue weighted by Gasteiger charge is -2.16. The Balaban J connectivity index is 1.67. The van der Waals surface area contributed by atoms with Crippen LogP contribution in [-0.4, -0.2) is 18.4 Å². The van der Waals surface area contributed by atoms with Crippen molar-refractivity contribution in [3.05, 3.63) is 59.9 Å². The number of hydrogen-bond acceptors (Lipinski definition) is 2. The van der Waals surface area contributed by atoms with Gasteiger partial charge < -0.3 is 10.2 Å². The smallest absolute Gasteiger partial charge is 0.325 e. The molecule has 1 N–H and O–H groups in total. The monoisotopic (exact) mass is 366 g/mol. The van der Waals surface area contributed by atoms with Gasteiger partial charge in [0.2, 0.25) is 11.8 Å². The average Bonchev–Trinajstić information content (AvgIpc) is 2.97. The van der Waals surface area contributed by atoms with Gasteiger partial charge in [0.1, 0.15) is 11.7 Å². The predicted molar refractivity (Wildman–Crippen MR) is 86.9 cm³/mol. The van der Waals surface area contributed by atoms with Gasteiger partial charge in [0.15, 0.2) is 0 Å². The van der Waals surface area contributed by atoms with Crippen LogP contribution in [0.15, 0.2) is 48.5 Å². The highest BCUT2D eigenvalue weighted by atomic mass is 19.4. The lowest BCUT2D eigenvalue weighted by atomic mass is 10.1. The van der Waals surface area contributed by atoms with Crippen LogP contribution in [0.3, 0.4) is 0 Å². The van der Waals surface area contributed by atoms with Crippen LogP contribution >= 0.6 is 0 Å². The van der Waals surface area contributed by atoms with Crippen molar-refractivity contribution in [1.29, 1.82) is 0 Å². The minimum Gasteiger partial charge on any atom is -0.325 e. The molecule has 0 radical (unpaired) electrons. The topological polar surface area (TPSA) is 49.4 Å². The maximum atomic E-state index is 13.0. The van der Waals surface area contributed by atoms with Gasteiger partial charge in [-0.1, -0.05) is 0 Å². The fourth-order valence-electron chi connectivity index (χ4n) is 2.77. The molecule has 1 heterocycles. The first-order valence-electron chi connectivity index (χ1n) is 7.81. The van der Waals surface area contributed by atoms with Gasteiger partial charge >= 0.3 is 6.18 Å². The molecule has 136 valence electrons. The molecule has 0 bridgehead atoms. The molecule has 0 spiro atoms. The van der Waals surface area contributed by atoms with E-state index in [0.717, 1.165) is 24.3 Å². The van der Waals surface area contributed by atoms with Gasteiger partial charge in [0, 0.05) is 17.9 Å². The molecule has 1 saturated heterocycles. The van der Waals surface area contributed by atoms with E-state index in [9.17, 15) is 27.2 Å². The van der Waals surface area contributed by atoms with Crippen LogP contribution in [0, 0.1) is 11.7 Å². The fraction of sp³-hybridized carbons (Fsp3) is 0.222. The molecule has 2 amide bonds. The Kier molecular flexibility index (Phi) is 4.67. The van der Waals surface area contributed by atoms with Crippen LogP contribution < -0.4 is 10.2 Å². The third-order valence-electron chi connectivity index (χ3n) is 4.14. The highest BCUT2D eigenvalue weighted by Gasteiger charge is 2.37. The van der Waals surface area contributed by atoms with Gasteiger partial charge in [-0.05, 0) is 55.0 Å². The third kappa shape index (κ3) is 3.68. The van der Waals surface area contributed by atoms with Gasteiger partial charge in [0.05, 0.1) is 5.56 Å². The number of anilines is 2. The van der Waals surface area contributed by atoms with E-state index in [2.05, 4.69) is 5.32 Å². The van der Waals surface area contributed by atoms with E-state index in [1.54, 1.807) is 0 Å². The fourth-order valence-corrected chi connectivity index (χ4v) is 2.77. The number of amides is 2. The van der Waals surface area contributed by atoms with E-state index < -0.39 is 35.3 Å². The standard InChI is InChI=1S/C18H14F4N2O2/c19-12-3-7-14(8-4-12)24-10-9-15(17(24)26)16(25)23-13-5-1-11(2-6-13)18(20,21)22/h1-8,15H,9-10H2,(H,23,25)/t15-/m0/s1. The second-order valence-corrected chi connectivity index (χ2v) is 5.87. The third-order valence-corrected chi connectivity index (χ3v) is 4.14. The predicted octanol–water partition coefficient (Wildman–Crippen LogP) is 3.84. The van der Waals surface area contributed by atoms with Crippen molar-refractivity contribution in [3.63, 3.8) is 0 Å². The van der Waals surface area contributed by atoms with Crippen LogP contribution in [0.1, 0.15) is 12.0 Å². The maximum absolute atomic E-state index is 13.0. The van der Waals surface area contributed by atoms with Crippen molar-refractivity contribution >= 4 is 23.2 Å². The van der Waals surface area contributed by atoms with Crippen LogP contribution in [0.2, 0.25) is 0 Å². The Bertz CT molecular complexity index is 817. The zero-order valence-electron chi connectivity index (χ0n) is 13.4. The largest absolute Gasteiger partial charge is 0.416 e. The Morgan fingerprint density at radius 2 is 1.65 bits per heavy atom. The molecule has 0 unspecified atom stereocenters. The van der Waals surface area contributed by atoms with Crippen molar-refractivity contribution in [3.8, 4) is 0 Å². The summed E-state index contributed by atoms with van der Waals surface area (Å²) in [5.74, 6) is -2.39. The lowest BCUT2D eigenvalue weighted by molar-refractivity contribution is -0.137. The van der Waals surface area contributed by atoms with Crippen molar-refractivity contribution in [2.24, 2.45) is 5.92 Å². The van der Waals surface area contributed by atoms with E-state index in [1.807, 2.05) is 0 Å². The number of carbonyl (C=O) groups excluding carboxylic acids is 2. The van der Waals surface area contributed by atoms with Gasteiger partial charge in [0.25, 0.3) is 0 Å². The number of carbonyl (C=O) groups is 2. The summed E-state index contributed by atoms with van der Waals surface area (Å²) in [6.45, 7) is 0.301. The summed E-state index contributed by atoms with van der Waals surface area (Å²) in [6, 6.07) is 9.33. The molecule has 8 heteroatoms. The Morgan fingerprint density at radius 1 is 1.04 bits per heavy atom. The molecule has 4 nitrogen and oxygen atoms in total. The lowest BCUT2D eigenvalue weighted by Crippen LogP contribution is -2.33. The van der Waals surface area contributed by atoms with Crippen LogP contribution in [0.25, 0.3) is 0 Å². The molecule has 1 aliphatic rings. The normalized spacial score (nSPS) is 17.5. The zero-order chi connectivity index (χ0) is 18.9. The summed E-state index contributed by atoms with van der Waals surface area (Å²) in [6.07, 6.45) is -4.19. The van der Waals surface area contributed by atoms with Crippen molar-refractivity contribution in [2.75, 3.05) is 16.8 Å². The van der Waals surface area contributed by atoms with E-state index in [-0.39, 0.29) is 12.1 Å². The van der Waals surface area contributed by atoms with Gasteiger partial charge in [-0.15, -0.1) is 0 Å². The minimum atomic E-state index is -4.46. The number of nitrogens with one attached hydrogen (secondary N) is 1. The average molecular weight is 366 g/mol. The van der Waals surface area contributed by atoms with Gasteiger partial charge in [-0.25, -0.2) is 4.39 Å². The first-order valence-corrected chi connectivity index (χ1v) is 7.81. The summed E-state index contributed by atoms with van der Waals surface area (Å²) < 4.78 is 50.6. The molecule has 3 rings (SSSR count). The molecule has 1 fully saturated rings. The molecule has 0 aromatic heterocycles. The Labute approximate surface area is 146 Å². The SMILES string of the molecule is O=C(Nc1ccc(C(F)(F)F)cc1)[C@@H]1CCN(c2ccc(F)cc2)C1=O. The number of nitrogens with zero attached hydrogens (tertiary/aromatic N) is 1. The van der Waals surface area contributed by atoms with Gasteiger partial charge in [-0.2, -0.15) is 13.2 Å². The molecule has 0 saturated carbocycles. The number of benzene rings is 2. The molecule has 2 aromatic carbocycles. The highest BCUT2D eigenvalue weighted by Crippen LogP contribution is 2.30. The molecular formula is C18H14F4N2O2. The molecule has 1 atom stereocenters. The van der Waals surface area contributed by atoms with Crippen LogP contribution in [-0.2, 0) is 15.8 Å². The number of hydrogen-bond donors (Lipinski definition) is 1. The second kappa shape index (κ2) is 6.78. The second-order valence-electron chi connectivity index (χ2n) is 5.87. The summed E-state index contributed by atoms with van der Waals surface area (Å²) >= 11 is 0.